The number of aryl methyl sites for hydroxylation is 1. The van der Waals surface area contributed by atoms with E-state index in [-0.39, 0.29) is 16.5 Å². The van der Waals surface area contributed by atoms with Crippen LogP contribution in [0.1, 0.15) is 17.5 Å². The lowest BCUT2D eigenvalue weighted by Gasteiger charge is -2.17. The van der Waals surface area contributed by atoms with E-state index in [0.717, 1.165) is 4.57 Å². The SMILES string of the molecule is Cc1[nH]c2nc(=O)n(C3OC(CO)C(O)C3O)cc2c(=O)c1C. The van der Waals surface area contributed by atoms with Crippen molar-refractivity contribution in [2.24, 2.45) is 0 Å². The molecule has 1 aliphatic heterocycles. The fraction of sp³-hybridized carbons (Fsp3) is 0.500. The first-order chi connectivity index (χ1) is 10.8. The summed E-state index contributed by atoms with van der Waals surface area (Å²) in [5, 5.41) is 29.1. The Morgan fingerprint density at radius 1 is 1.30 bits per heavy atom. The molecule has 23 heavy (non-hydrogen) atoms. The molecule has 4 N–H and O–H groups in total. The monoisotopic (exact) mass is 323 g/mol. The number of aromatic nitrogens is 3. The summed E-state index contributed by atoms with van der Waals surface area (Å²) in [7, 11) is 0. The van der Waals surface area contributed by atoms with Crippen LogP contribution in [0, 0.1) is 13.8 Å². The zero-order valence-corrected chi connectivity index (χ0v) is 12.6. The fourth-order valence-electron chi connectivity index (χ4n) is 2.67. The van der Waals surface area contributed by atoms with Crippen LogP contribution in [0.25, 0.3) is 11.0 Å². The minimum absolute atomic E-state index is 0.145. The number of hydrogen-bond acceptors (Lipinski definition) is 7. The Morgan fingerprint density at radius 2 is 2.00 bits per heavy atom. The number of aliphatic hydroxyl groups is 3. The molecule has 0 saturated carbocycles. The van der Waals surface area contributed by atoms with Crippen molar-refractivity contribution in [1.82, 2.24) is 14.5 Å². The molecule has 1 saturated heterocycles. The van der Waals surface area contributed by atoms with Gasteiger partial charge < -0.3 is 25.0 Å². The van der Waals surface area contributed by atoms with Gasteiger partial charge in [-0.3, -0.25) is 9.36 Å². The Balaban J connectivity index is 2.18. The Morgan fingerprint density at radius 3 is 2.61 bits per heavy atom. The highest BCUT2D eigenvalue weighted by molar-refractivity contribution is 5.74. The van der Waals surface area contributed by atoms with Gasteiger partial charge in [0.15, 0.2) is 11.7 Å². The van der Waals surface area contributed by atoms with Crippen molar-refractivity contribution in [3.05, 3.63) is 38.2 Å². The van der Waals surface area contributed by atoms with E-state index in [4.69, 9.17) is 9.84 Å². The number of rotatable bonds is 2. The zero-order valence-electron chi connectivity index (χ0n) is 12.6. The van der Waals surface area contributed by atoms with E-state index in [2.05, 4.69) is 9.97 Å². The predicted molar refractivity (Wildman–Crippen MR) is 79.1 cm³/mol. The van der Waals surface area contributed by atoms with Crippen LogP contribution < -0.4 is 11.1 Å². The van der Waals surface area contributed by atoms with E-state index < -0.39 is 36.8 Å². The molecule has 9 nitrogen and oxygen atoms in total. The summed E-state index contributed by atoms with van der Waals surface area (Å²) in [5.41, 5.74) is 0.215. The van der Waals surface area contributed by atoms with Crippen molar-refractivity contribution >= 4 is 11.0 Å². The molecule has 4 atom stereocenters. The second-order valence-electron chi connectivity index (χ2n) is 5.63. The van der Waals surface area contributed by atoms with E-state index in [1.165, 1.54) is 6.20 Å². The molecule has 124 valence electrons. The first kappa shape index (κ1) is 15.8. The van der Waals surface area contributed by atoms with Gasteiger partial charge in [-0.25, -0.2) is 4.79 Å². The minimum atomic E-state index is -1.42. The number of ether oxygens (including phenoxy) is 1. The van der Waals surface area contributed by atoms with Crippen LogP contribution in [0.5, 0.6) is 0 Å². The second kappa shape index (κ2) is 5.53. The lowest BCUT2D eigenvalue weighted by atomic mass is 10.1. The van der Waals surface area contributed by atoms with Crippen molar-refractivity contribution in [1.29, 1.82) is 0 Å². The number of pyridine rings is 1. The molecule has 0 spiro atoms. The number of nitrogens with zero attached hydrogens (tertiary/aromatic N) is 2. The van der Waals surface area contributed by atoms with Crippen LogP contribution in [0.3, 0.4) is 0 Å². The zero-order chi connectivity index (χ0) is 16.9. The summed E-state index contributed by atoms with van der Waals surface area (Å²) in [4.78, 5) is 31.2. The summed E-state index contributed by atoms with van der Waals surface area (Å²) in [5.74, 6) is 0. The average Bonchev–Trinajstić information content (AvgIpc) is 2.80. The van der Waals surface area contributed by atoms with Crippen molar-refractivity contribution in [2.75, 3.05) is 6.61 Å². The van der Waals surface area contributed by atoms with E-state index in [0.29, 0.717) is 11.3 Å². The number of H-pyrrole nitrogens is 1. The third-order valence-corrected chi connectivity index (χ3v) is 4.20. The molecule has 2 aromatic rings. The van der Waals surface area contributed by atoms with Gasteiger partial charge >= 0.3 is 5.69 Å². The molecule has 0 aromatic carbocycles. The quantitative estimate of drug-likeness (QED) is 0.517. The summed E-state index contributed by atoms with van der Waals surface area (Å²) in [6, 6.07) is 0. The number of hydrogen-bond donors (Lipinski definition) is 4. The van der Waals surface area contributed by atoms with Crippen LogP contribution in [0.15, 0.2) is 15.8 Å². The molecule has 1 fully saturated rings. The van der Waals surface area contributed by atoms with E-state index >= 15 is 0 Å². The molecule has 0 radical (unpaired) electrons. The van der Waals surface area contributed by atoms with Gasteiger partial charge in [0.1, 0.15) is 24.0 Å². The third kappa shape index (κ3) is 2.38. The van der Waals surface area contributed by atoms with Crippen LogP contribution in [-0.2, 0) is 4.74 Å². The lowest BCUT2D eigenvalue weighted by Crippen LogP contribution is -2.36. The van der Waals surface area contributed by atoms with Crippen molar-refractivity contribution < 1.29 is 20.1 Å². The number of aliphatic hydroxyl groups excluding tert-OH is 3. The molecule has 4 unspecified atom stereocenters. The maximum atomic E-state index is 12.3. The maximum Gasteiger partial charge on any atom is 0.351 e. The molecule has 3 rings (SSSR count). The summed E-state index contributed by atoms with van der Waals surface area (Å²) >= 11 is 0. The topological polar surface area (TPSA) is 138 Å². The molecule has 2 aromatic heterocycles. The highest BCUT2D eigenvalue weighted by Gasteiger charge is 2.43. The molecule has 0 bridgehead atoms. The van der Waals surface area contributed by atoms with Crippen molar-refractivity contribution in [3.8, 4) is 0 Å². The standard InChI is InChI=1S/C14H17N3O6/c1-5-6(2)15-12-7(9(5)19)3-17(14(22)16-12)13-11(21)10(20)8(4-18)23-13/h3,8,10-11,13,18,20-21H,4H2,1-2H3,(H,15,16,22). The Labute approximate surface area is 129 Å². The number of aromatic amines is 1. The second-order valence-corrected chi connectivity index (χ2v) is 5.63. The smallest absolute Gasteiger partial charge is 0.351 e. The van der Waals surface area contributed by atoms with E-state index in [1.54, 1.807) is 13.8 Å². The van der Waals surface area contributed by atoms with E-state index in [9.17, 15) is 19.8 Å². The molecule has 3 heterocycles. The first-order valence-electron chi connectivity index (χ1n) is 7.10. The van der Waals surface area contributed by atoms with Crippen LogP contribution in [0.4, 0.5) is 0 Å². The lowest BCUT2D eigenvalue weighted by molar-refractivity contribution is -0.0547. The molecule has 0 amide bonds. The normalized spacial score (nSPS) is 27.7. The number of fused-ring (bicyclic) bond motifs is 1. The highest BCUT2D eigenvalue weighted by atomic mass is 16.6. The van der Waals surface area contributed by atoms with Gasteiger partial charge in [0, 0.05) is 17.5 Å². The minimum Gasteiger partial charge on any atom is -0.394 e. The van der Waals surface area contributed by atoms with Crippen LogP contribution in [-0.4, -0.2) is 54.8 Å². The van der Waals surface area contributed by atoms with Crippen LogP contribution >= 0.6 is 0 Å². The Bertz CT molecular complexity index is 873. The summed E-state index contributed by atoms with van der Waals surface area (Å²) in [6.45, 7) is 2.84. The molecule has 1 aliphatic rings. The molecule has 0 aliphatic carbocycles. The average molecular weight is 323 g/mol. The number of nitrogens with one attached hydrogen (secondary N) is 1. The van der Waals surface area contributed by atoms with Gasteiger partial charge in [0.2, 0.25) is 0 Å². The van der Waals surface area contributed by atoms with Crippen molar-refractivity contribution in [3.63, 3.8) is 0 Å². The van der Waals surface area contributed by atoms with Crippen LogP contribution in [0.2, 0.25) is 0 Å². The predicted octanol–water partition coefficient (Wildman–Crippen LogP) is -1.69. The molecular weight excluding hydrogens is 306 g/mol. The van der Waals surface area contributed by atoms with Gasteiger partial charge in [-0.05, 0) is 13.8 Å². The van der Waals surface area contributed by atoms with Crippen molar-refractivity contribution in [2.45, 2.75) is 38.4 Å². The van der Waals surface area contributed by atoms with E-state index in [1.807, 2.05) is 0 Å². The fourth-order valence-corrected chi connectivity index (χ4v) is 2.67. The summed E-state index contributed by atoms with van der Waals surface area (Å²) < 4.78 is 6.26. The van der Waals surface area contributed by atoms with Gasteiger partial charge in [0.25, 0.3) is 0 Å². The van der Waals surface area contributed by atoms with Gasteiger partial charge in [-0.15, -0.1) is 0 Å². The molecular formula is C14H17N3O6. The third-order valence-electron chi connectivity index (χ3n) is 4.20. The Kier molecular flexibility index (Phi) is 3.80. The summed E-state index contributed by atoms with van der Waals surface area (Å²) in [6.07, 6.45) is -3.76. The molecule has 9 heteroatoms. The Hall–Kier alpha value is -2.07. The maximum absolute atomic E-state index is 12.3. The van der Waals surface area contributed by atoms with Gasteiger partial charge in [0.05, 0.1) is 12.0 Å². The largest absolute Gasteiger partial charge is 0.394 e. The highest BCUT2D eigenvalue weighted by Crippen LogP contribution is 2.28. The first-order valence-corrected chi connectivity index (χ1v) is 7.10. The van der Waals surface area contributed by atoms with Gasteiger partial charge in [-0.2, -0.15) is 4.98 Å². The van der Waals surface area contributed by atoms with Gasteiger partial charge in [-0.1, -0.05) is 0 Å².